The minimum atomic E-state index is -0.491. The fraction of sp³-hybridized carbons (Fsp3) is 0.846. The Morgan fingerprint density at radius 2 is 1.95 bits per heavy atom. The molecule has 2 fully saturated rings. The Labute approximate surface area is 113 Å². The number of esters is 1. The van der Waals surface area contributed by atoms with Gasteiger partial charge in [-0.15, -0.1) is 0 Å². The molecule has 0 aromatic rings. The summed E-state index contributed by atoms with van der Waals surface area (Å²) < 4.78 is 10.1. The predicted molar refractivity (Wildman–Crippen MR) is 68.6 cm³/mol. The quantitative estimate of drug-likeness (QED) is 0.707. The lowest BCUT2D eigenvalue weighted by atomic mass is 9.94. The van der Waals surface area contributed by atoms with E-state index < -0.39 is 5.60 Å². The van der Waals surface area contributed by atoms with Crippen LogP contribution in [-0.2, 0) is 14.3 Å². The van der Waals surface area contributed by atoms with Gasteiger partial charge in [-0.05, 0) is 26.7 Å². The Hall–Kier alpha value is -1.30. The van der Waals surface area contributed by atoms with Crippen LogP contribution in [0.15, 0.2) is 0 Å². The first-order chi connectivity index (χ1) is 8.81. The van der Waals surface area contributed by atoms with Gasteiger partial charge in [0.15, 0.2) is 0 Å². The van der Waals surface area contributed by atoms with Gasteiger partial charge in [-0.2, -0.15) is 0 Å². The molecule has 0 saturated carbocycles. The zero-order valence-electron chi connectivity index (χ0n) is 11.9. The van der Waals surface area contributed by atoms with E-state index in [1.54, 1.807) is 4.90 Å². The molecule has 1 amide bonds. The number of hydrogen-bond donors (Lipinski definition) is 1. The van der Waals surface area contributed by atoms with Crippen LogP contribution in [0.5, 0.6) is 0 Å². The number of fused-ring (bicyclic) bond motifs is 1. The fourth-order valence-electron chi connectivity index (χ4n) is 2.78. The maximum Gasteiger partial charge on any atom is 0.410 e. The van der Waals surface area contributed by atoms with Crippen molar-refractivity contribution in [2.45, 2.75) is 32.4 Å². The minimum Gasteiger partial charge on any atom is -0.468 e. The van der Waals surface area contributed by atoms with Crippen molar-refractivity contribution >= 4 is 12.1 Å². The number of nitrogens with zero attached hydrogens (tertiary/aromatic N) is 1. The van der Waals surface area contributed by atoms with E-state index in [4.69, 9.17) is 9.47 Å². The summed E-state index contributed by atoms with van der Waals surface area (Å²) in [7, 11) is 1.39. The van der Waals surface area contributed by atoms with Crippen molar-refractivity contribution in [3.05, 3.63) is 0 Å². The molecule has 3 unspecified atom stereocenters. The third-order valence-electron chi connectivity index (χ3n) is 3.63. The van der Waals surface area contributed by atoms with Crippen LogP contribution in [0.4, 0.5) is 4.79 Å². The van der Waals surface area contributed by atoms with Gasteiger partial charge in [0.05, 0.1) is 7.11 Å². The molecule has 0 radical (unpaired) electrons. The summed E-state index contributed by atoms with van der Waals surface area (Å²) >= 11 is 0. The van der Waals surface area contributed by atoms with Crippen LogP contribution >= 0.6 is 0 Å². The van der Waals surface area contributed by atoms with Crippen LogP contribution in [-0.4, -0.2) is 55.3 Å². The van der Waals surface area contributed by atoms with E-state index in [-0.39, 0.29) is 24.0 Å². The summed E-state index contributed by atoms with van der Waals surface area (Å²) in [5, 5.41) is 3.16. The average Bonchev–Trinajstić information content (AvgIpc) is 2.84. The van der Waals surface area contributed by atoms with Crippen molar-refractivity contribution in [2.75, 3.05) is 26.7 Å². The summed E-state index contributed by atoms with van der Waals surface area (Å²) in [6.45, 7) is 7.47. The molecule has 108 valence electrons. The highest BCUT2D eigenvalue weighted by atomic mass is 16.6. The molecule has 0 aromatic heterocycles. The fourth-order valence-corrected chi connectivity index (χ4v) is 2.78. The van der Waals surface area contributed by atoms with Crippen LogP contribution in [0.25, 0.3) is 0 Å². The van der Waals surface area contributed by atoms with Gasteiger partial charge in [-0.25, -0.2) is 4.79 Å². The third-order valence-corrected chi connectivity index (χ3v) is 3.63. The van der Waals surface area contributed by atoms with Gasteiger partial charge < -0.3 is 19.7 Å². The maximum atomic E-state index is 12.0. The smallest absolute Gasteiger partial charge is 0.410 e. The van der Waals surface area contributed by atoms with Crippen LogP contribution < -0.4 is 5.32 Å². The maximum absolute atomic E-state index is 12.0. The van der Waals surface area contributed by atoms with E-state index in [2.05, 4.69) is 5.32 Å². The highest BCUT2D eigenvalue weighted by molar-refractivity contribution is 5.77. The molecule has 3 atom stereocenters. The molecular formula is C13H22N2O4. The minimum absolute atomic E-state index is 0.125. The molecule has 6 heteroatoms. The summed E-state index contributed by atoms with van der Waals surface area (Å²) in [6, 6.07) is -0.303. The lowest BCUT2D eigenvalue weighted by Gasteiger charge is -2.25. The number of ether oxygens (including phenoxy) is 2. The number of hydrogen-bond acceptors (Lipinski definition) is 5. The number of nitrogens with one attached hydrogen (secondary N) is 1. The first-order valence-corrected chi connectivity index (χ1v) is 6.61. The average molecular weight is 270 g/mol. The molecular weight excluding hydrogens is 248 g/mol. The van der Waals surface area contributed by atoms with Gasteiger partial charge in [0.2, 0.25) is 0 Å². The van der Waals surface area contributed by atoms with E-state index >= 15 is 0 Å². The number of methoxy groups -OCH3 is 1. The van der Waals surface area contributed by atoms with Gasteiger partial charge in [0.1, 0.15) is 11.6 Å². The molecule has 2 saturated heterocycles. The van der Waals surface area contributed by atoms with E-state index in [1.807, 2.05) is 20.8 Å². The van der Waals surface area contributed by atoms with Crippen LogP contribution in [0.2, 0.25) is 0 Å². The van der Waals surface area contributed by atoms with Crippen LogP contribution in [0, 0.1) is 11.8 Å². The van der Waals surface area contributed by atoms with E-state index in [0.29, 0.717) is 19.0 Å². The number of carbonyl (C=O) groups excluding carboxylic acids is 2. The second kappa shape index (κ2) is 5.00. The summed E-state index contributed by atoms with van der Waals surface area (Å²) in [5.74, 6) is 0.176. The molecule has 2 aliphatic rings. The standard InChI is InChI=1S/C13H22N2O4/c1-13(2,3)19-12(17)15-6-8-5-14-10(9(8)7-15)11(16)18-4/h8-10,14H,5-7H2,1-4H3. The van der Waals surface area contributed by atoms with E-state index in [0.717, 1.165) is 6.54 Å². The first-order valence-electron chi connectivity index (χ1n) is 6.61. The summed E-state index contributed by atoms with van der Waals surface area (Å²) in [4.78, 5) is 25.3. The molecule has 2 aliphatic heterocycles. The van der Waals surface area contributed by atoms with Crippen LogP contribution in [0.1, 0.15) is 20.8 Å². The number of rotatable bonds is 1. The summed E-state index contributed by atoms with van der Waals surface area (Å²) in [5.41, 5.74) is -0.491. The van der Waals surface area contributed by atoms with Gasteiger partial charge >= 0.3 is 12.1 Å². The predicted octanol–water partition coefficient (Wildman–Crippen LogP) is 0.614. The highest BCUT2D eigenvalue weighted by Crippen LogP contribution is 2.32. The van der Waals surface area contributed by atoms with Crippen molar-refractivity contribution in [1.29, 1.82) is 0 Å². The van der Waals surface area contributed by atoms with Gasteiger partial charge in [0, 0.05) is 25.6 Å². The lowest BCUT2D eigenvalue weighted by Crippen LogP contribution is -2.42. The number of carbonyl (C=O) groups is 2. The van der Waals surface area contributed by atoms with Gasteiger partial charge in [-0.1, -0.05) is 0 Å². The Bertz CT molecular complexity index is 377. The number of likely N-dealkylation sites (tertiary alicyclic amines) is 1. The normalized spacial score (nSPS) is 30.1. The van der Waals surface area contributed by atoms with Crippen molar-refractivity contribution < 1.29 is 19.1 Å². The molecule has 6 nitrogen and oxygen atoms in total. The van der Waals surface area contributed by atoms with E-state index in [9.17, 15) is 9.59 Å². The Kier molecular flexibility index (Phi) is 3.71. The van der Waals surface area contributed by atoms with E-state index in [1.165, 1.54) is 7.11 Å². The zero-order valence-corrected chi connectivity index (χ0v) is 11.9. The van der Waals surface area contributed by atoms with Crippen molar-refractivity contribution in [3.63, 3.8) is 0 Å². The Balaban J connectivity index is 1.97. The lowest BCUT2D eigenvalue weighted by molar-refractivity contribution is -0.143. The van der Waals surface area contributed by atoms with Crippen molar-refractivity contribution in [1.82, 2.24) is 10.2 Å². The van der Waals surface area contributed by atoms with Crippen molar-refractivity contribution in [3.8, 4) is 0 Å². The molecule has 0 aromatic carbocycles. The molecule has 0 spiro atoms. The summed E-state index contributed by atoms with van der Waals surface area (Å²) in [6.07, 6.45) is -0.300. The second-order valence-corrected chi connectivity index (χ2v) is 6.22. The monoisotopic (exact) mass is 270 g/mol. The molecule has 19 heavy (non-hydrogen) atoms. The molecule has 1 N–H and O–H groups in total. The molecule has 2 rings (SSSR count). The second-order valence-electron chi connectivity index (χ2n) is 6.22. The van der Waals surface area contributed by atoms with Gasteiger partial charge in [-0.3, -0.25) is 4.79 Å². The zero-order chi connectivity index (χ0) is 14.2. The first kappa shape index (κ1) is 14.1. The Morgan fingerprint density at radius 1 is 1.26 bits per heavy atom. The molecule has 0 aliphatic carbocycles. The Morgan fingerprint density at radius 3 is 2.53 bits per heavy atom. The SMILES string of the molecule is COC(=O)C1NCC2CN(C(=O)OC(C)(C)C)CC21. The largest absolute Gasteiger partial charge is 0.468 e. The highest BCUT2D eigenvalue weighted by Gasteiger charge is 2.47. The third kappa shape index (κ3) is 3.00. The molecule has 2 heterocycles. The van der Waals surface area contributed by atoms with Crippen LogP contribution in [0.3, 0.4) is 0 Å². The van der Waals surface area contributed by atoms with Crippen molar-refractivity contribution in [2.24, 2.45) is 11.8 Å². The van der Waals surface area contributed by atoms with Gasteiger partial charge in [0.25, 0.3) is 0 Å². The number of amides is 1. The molecule has 0 bridgehead atoms. The topological polar surface area (TPSA) is 67.9 Å².